The van der Waals surface area contributed by atoms with Crippen molar-refractivity contribution in [3.8, 4) is 5.13 Å². The Labute approximate surface area is 168 Å². The van der Waals surface area contributed by atoms with Crippen LogP contribution in [0.4, 0.5) is 10.2 Å². The molecule has 1 aliphatic heterocycles. The SMILES string of the molecule is Cc1nn(-c2nc3ccccc3s2)c2c1C(c1cc(Cl)ccc1F)CC(=O)N2. The number of anilines is 1. The maximum atomic E-state index is 14.5. The van der Waals surface area contributed by atoms with Gasteiger partial charge in [-0.05, 0) is 42.8 Å². The van der Waals surface area contributed by atoms with Gasteiger partial charge < -0.3 is 5.32 Å². The van der Waals surface area contributed by atoms with E-state index in [1.165, 1.54) is 23.5 Å². The van der Waals surface area contributed by atoms with Gasteiger partial charge in [-0.15, -0.1) is 0 Å². The topological polar surface area (TPSA) is 59.8 Å². The van der Waals surface area contributed by atoms with Gasteiger partial charge in [0.05, 0.1) is 15.9 Å². The van der Waals surface area contributed by atoms with Crippen molar-refractivity contribution >= 4 is 44.9 Å². The van der Waals surface area contributed by atoms with Crippen molar-refractivity contribution in [2.45, 2.75) is 19.3 Å². The van der Waals surface area contributed by atoms with Gasteiger partial charge in [-0.25, -0.2) is 9.37 Å². The summed E-state index contributed by atoms with van der Waals surface area (Å²) in [6, 6.07) is 12.2. The summed E-state index contributed by atoms with van der Waals surface area (Å²) in [5.74, 6) is -0.496. The third kappa shape index (κ3) is 2.70. The van der Waals surface area contributed by atoms with Crippen molar-refractivity contribution in [3.63, 3.8) is 0 Å². The molecule has 1 aliphatic rings. The largest absolute Gasteiger partial charge is 0.310 e. The van der Waals surface area contributed by atoms with Crippen LogP contribution in [0.15, 0.2) is 42.5 Å². The van der Waals surface area contributed by atoms with Crippen LogP contribution in [-0.2, 0) is 4.79 Å². The molecule has 1 atom stereocenters. The van der Waals surface area contributed by atoms with Crippen molar-refractivity contribution < 1.29 is 9.18 Å². The van der Waals surface area contributed by atoms with E-state index >= 15 is 0 Å². The fraction of sp³-hybridized carbons (Fsp3) is 0.150. The normalized spacial score (nSPS) is 16.2. The minimum atomic E-state index is -0.453. The predicted molar refractivity (Wildman–Crippen MR) is 108 cm³/mol. The second kappa shape index (κ2) is 6.39. The molecule has 3 heterocycles. The average Bonchev–Trinajstić information content (AvgIpc) is 3.24. The third-order valence-electron chi connectivity index (χ3n) is 4.90. The summed E-state index contributed by atoms with van der Waals surface area (Å²) in [4.78, 5) is 17.1. The molecule has 28 heavy (non-hydrogen) atoms. The maximum Gasteiger partial charge on any atom is 0.226 e. The van der Waals surface area contributed by atoms with Crippen molar-refractivity contribution in [2.75, 3.05) is 5.32 Å². The first-order chi connectivity index (χ1) is 13.5. The highest BCUT2D eigenvalue weighted by Gasteiger charge is 2.34. The molecule has 2 aromatic carbocycles. The quantitative estimate of drug-likeness (QED) is 0.500. The van der Waals surface area contributed by atoms with Crippen LogP contribution in [0.1, 0.15) is 29.2 Å². The average molecular weight is 413 g/mol. The number of hydrogen-bond donors (Lipinski definition) is 1. The van der Waals surface area contributed by atoms with Gasteiger partial charge in [0.2, 0.25) is 11.0 Å². The van der Waals surface area contributed by atoms with E-state index in [9.17, 15) is 9.18 Å². The number of carbonyl (C=O) groups excluding carboxylic acids is 1. The van der Waals surface area contributed by atoms with Gasteiger partial charge in [0.15, 0.2) is 0 Å². The van der Waals surface area contributed by atoms with Gasteiger partial charge in [0.1, 0.15) is 11.6 Å². The molecule has 0 radical (unpaired) electrons. The summed E-state index contributed by atoms with van der Waals surface area (Å²) in [5, 5.41) is 8.59. The zero-order chi connectivity index (χ0) is 19.4. The Morgan fingerprint density at radius 2 is 2.11 bits per heavy atom. The lowest BCUT2D eigenvalue weighted by molar-refractivity contribution is -0.116. The van der Waals surface area contributed by atoms with Crippen molar-refractivity contribution in [2.24, 2.45) is 0 Å². The van der Waals surface area contributed by atoms with E-state index in [0.29, 0.717) is 21.5 Å². The van der Waals surface area contributed by atoms with Gasteiger partial charge in [-0.3, -0.25) is 4.79 Å². The minimum absolute atomic E-state index is 0.136. The molecule has 140 valence electrons. The van der Waals surface area contributed by atoms with Crippen LogP contribution in [0.2, 0.25) is 5.02 Å². The fourth-order valence-electron chi connectivity index (χ4n) is 3.68. The number of aryl methyl sites for hydroxylation is 1. The van der Waals surface area contributed by atoms with Gasteiger partial charge in [0, 0.05) is 22.9 Å². The van der Waals surface area contributed by atoms with Gasteiger partial charge in [0.25, 0.3) is 0 Å². The second-order valence-corrected chi connectivity index (χ2v) is 8.14. The zero-order valence-corrected chi connectivity index (χ0v) is 16.3. The number of fused-ring (bicyclic) bond motifs is 2. The van der Waals surface area contributed by atoms with E-state index in [4.69, 9.17) is 11.6 Å². The zero-order valence-electron chi connectivity index (χ0n) is 14.7. The number of para-hydroxylation sites is 1. The summed E-state index contributed by atoms with van der Waals surface area (Å²) in [6.45, 7) is 1.86. The number of halogens is 2. The number of nitrogens with one attached hydrogen (secondary N) is 1. The standard InChI is InChI=1S/C20H14ClFN4OS/c1-10-18-13(12-8-11(21)6-7-14(12)22)9-17(27)24-19(18)26(25-10)20-23-15-4-2-3-5-16(15)28-20/h2-8,13H,9H2,1H3,(H,24,27). The molecular weight excluding hydrogens is 399 g/mol. The number of nitrogens with zero attached hydrogens (tertiary/aromatic N) is 3. The van der Waals surface area contributed by atoms with E-state index in [2.05, 4.69) is 15.4 Å². The Balaban J connectivity index is 1.70. The Morgan fingerprint density at radius 1 is 1.29 bits per heavy atom. The first kappa shape index (κ1) is 17.3. The first-order valence-electron chi connectivity index (χ1n) is 8.71. The third-order valence-corrected chi connectivity index (χ3v) is 6.15. The van der Waals surface area contributed by atoms with Crippen LogP contribution < -0.4 is 5.32 Å². The van der Waals surface area contributed by atoms with Crippen molar-refractivity contribution in [1.29, 1.82) is 0 Å². The minimum Gasteiger partial charge on any atom is -0.310 e. The highest BCUT2D eigenvalue weighted by molar-refractivity contribution is 7.20. The molecule has 1 unspecified atom stereocenters. The monoisotopic (exact) mass is 412 g/mol. The van der Waals surface area contributed by atoms with Crippen molar-refractivity contribution in [1.82, 2.24) is 14.8 Å². The molecule has 0 aliphatic carbocycles. The lowest BCUT2D eigenvalue weighted by Crippen LogP contribution is -2.25. The Bertz CT molecular complexity index is 1220. The Hall–Kier alpha value is -2.77. The molecule has 4 aromatic rings. The molecule has 0 fully saturated rings. The maximum absolute atomic E-state index is 14.5. The molecule has 0 bridgehead atoms. The van der Waals surface area contributed by atoms with Crippen molar-refractivity contribution in [3.05, 3.63) is 70.1 Å². The number of thiazole rings is 1. The molecule has 2 aromatic heterocycles. The predicted octanol–water partition coefficient (Wildman–Crippen LogP) is 5.06. The molecule has 8 heteroatoms. The van der Waals surface area contributed by atoms with Crippen LogP contribution in [0.5, 0.6) is 0 Å². The first-order valence-corrected chi connectivity index (χ1v) is 9.91. The van der Waals surface area contributed by atoms with Gasteiger partial charge in [-0.1, -0.05) is 35.1 Å². The molecule has 0 spiro atoms. The molecule has 0 saturated carbocycles. The second-order valence-electron chi connectivity index (χ2n) is 6.69. The summed E-state index contributed by atoms with van der Waals surface area (Å²) >= 11 is 7.57. The van der Waals surface area contributed by atoms with E-state index in [1.807, 2.05) is 31.2 Å². The molecule has 1 N–H and O–H groups in total. The number of hydrogen-bond acceptors (Lipinski definition) is 4. The number of benzene rings is 2. The van der Waals surface area contributed by atoms with E-state index < -0.39 is 5.92 Å². The van der Waals surface area contributed by atoms with Gasteiger partial charge >= 0.3 is 0 Å². The Kier molecular flexibility index (Phi) is 3.96. The van der Waals surface area contributed by atoms with E-state index in [1.54, 1.807) is 10.7 Å². The number of carbonyl (C=O) groups is 1. The Morgan fingerprint density at radius 3 is 2.93 bits per heavy atom. The van der Waals surface area contributed by atoms with E-state index in [-0.39, 0.29) is 18.1 Å². The van der Waals surface area contributed by atoms with E-state index in [0.717, 1.165) is 21.5 Å². The highest BCUT2D eigenvalue weighted by atomic mass is 35.5. The van der Waals surface area contributed by atoms with Gasteiger partial charge in [-0.2, -0.15) is 9.78 Å². The summed E-state index contributed by atoms with van der Waals surface area (Å²) in [5.41, 5.74) is 2.78. The summed E-state index contributed by atoms with van der Waals surface area (Å²) in [7, 11) is 0. The number of rotatable bonds is 2. The summed E-state index contributed by atoms with van der Waals surface area (Å²) < 4.78 is 17.2. The summed E-state index contributed by atoms with van der Waals surface area (Å²) in [6.07, 6.45) is 0.136. The molecule has 1 amide bonds. The fourth-order valence-corrected chi connectivity index (χ4v) is 4.79. The lowest BCUT2D eigenvalue weighted by atomic mass is 9.85. The molecule has 0 saturated heterocycles. The number of amides is 1. The molecule has 5 nitrogen and oxygen atoms in total. The van der Waals surface area contributed by atoms with Crippen LogP contribution in [0.3, 0.4) is 0 Å². The smallest absolute Gasteiger partial charge is 0.226 e. The number of aromatic nitrogens is 3. The van der Waals surface area contributed by atoms with Crippen LogP contribution >= 0.6 is 22.9 Å². The van der Waals surface area contributed by atoms with Crippen LogP contribution in [0.25, 0.3) is 15.3 Å². The highest BCUT2D eigenvalue weighted by Crippen LogP contribution is 2.42. The molecule has 5 rings (SSSR count). The lowest BCUT2D eigenvalue weighted by Gasteiger charge is -2.24. The van der Waals surface area contributed by atoms with Crippen LogP contribution in [-0.4, -0.2) is 20.7 Å². The van der Waals surface area contributed by atoms with Crippen LogP contribution in [0, 0.1) is 12.7 Å². The molecular formula is C20H14ClFN4OS.